The summed E-state index contributed by atoms with van der Waals surface area (Å²) in [4.78, 5) is 0. The fraction of sp³-hybridized carbons (Fsp3) is 0.750. The molecule has 0 aromatic heterocycles. The van der Waals surface area contributed by atoms with Gasteiger partial charge in [-0.15, -0.1) is 0 Å². The van der Waals surface area contributed by atoms with Crippen LogP contribution in [0.1, 0.15) is 25.7 Å². The minimum Gasteiger partial charge on any atom is -0.513 e. The van der Waals surface area contributed by atoms with Gasteiger partial charge in [0.2, 0.25) is 0 Å². The van der Waals surface area contributed by atoms with E-state index in [1.165, 1.54) is 12.8 Å². The highest BCUT2D eigenvalue weighted by Gasteiger charge is 2.23. The average molecular weight is 141 g/mol. The smallest absolute Gasteiger partial charge is 0.0897 e. The van der Waals surface area contributed by atoms with Gasteiger partial charge in [0.1, 0.15) is 0 Å². The molecule has 0 saturated heterocycles. The van der Waals surface area contributed by atoms with E-state index in [-0.39, 0.29) is 17.7 Å². The average Bonchev–Trinajstić information content (AvgIpc) is 1.88. The standard InChI is InChI=1S/C8H15NO/c1-6(10)7-4-2-3-5-8(7)9/h7-8,10H,1-5,9H2/t7-,8-/m0/s1. The summed E-state index contributed by atoms with van der Waals surface area (Å²) in [6.07, 6.45) is 4.42. The fourth-order valence-electron chi connectivity index (χ4n) is 1.57. The highest BCUT2D eigenvalue weighted by atomic mass is 16.3. The Morgan fingerprint density at radius 3 is 2.40 bits per heavy atom. The Morgan fingerprint density at radius 2 is 2.00 bits per heavy atom. The molecule has 1 saturated carbocycles. The summed E-state index contributed by atoms with van der Waals surface area (Å²) in [7, 11) is 0. The van der Waals surface area contributed by atoms with Gasteiger partial charge in [-0.2, -0.15) is 0 Å². The third-order valence-corrected chi connectivity index (χ3v) is 2.25. The summed E-state index contributed by atoms with van der Waals surface area (Å²) in [5.74, 6) is 0.431. The van der Waals surface area contributed by atoms with Crippen molar-refractivity contribution in [2.45, 2.75) is 31.7 Å². The van der Waals surface area contributed by atoms with Crippen LogP contribution in [0.5, 0.6) is 0 Å². The highest BCUT2D eigenvalue weighted by Crippen LogP contribution is 2.26. The minimum atomic E-state index is 0.145. The molecule has 0 aliphatic heterocycles. The van der Waals surface area contributed by atoms with Crippen molar-refractivity contribution >= 4 is 0 Å². The summed E-state index contributed by atoms with van der Waals surface area (Å²) < 4.78 is 0. The van der Waals surface area contributed by atoms with Crippen molar-refractivity contribution in [1.29, 1.82) is 0 Å². The molecule has 0 amide bonds. The number of hydrogen-bond acceptors (Lipinski definition) is 2. The van der Waals surface area contributed by atoms with E-state index in [9.17, 15) is 0 Å². The van der Waals surface area contributed by atoms with Crippen molar-refractivity contribution in [3.63, 3.8) is 0 Å². The first-order chi connectivity index (χ1) is 4.72. The molecule has 1 rings (SSSR count). The second kappa shape index (κ2) is 3.06. The molecule has 1 aliphatic carbocycles. The van der Waals surface area contributed by atoms with Crippen LogP contribution in [0.2, 0.25) is 0 Å². The van der Waals surface area contributed by atoms with E-state index in [0.717, 1.165) is 12.8 Å². The Labute approximate surface area is 61.7 Å². The number of aliphatic hydroxyl groups excluding tert-OH is 1. The Morgan fingerprint density at radius 1 is 1.40 bits per heavy atom. The maximum Gasteiger partial charge on any atom is 0.0897 e. The van der Waals surface area contributed by atoms with E-state index in [1.807, 2.05) is 0 Å². The summed E-state index contributed by atoms with van der Waals surface area (Å²) in [5, 5.41) is 9.07. The van der Waals surface area contributed by atoms with Crippen LogP contribution in [-0.2, 0) is 0 Å². The Balaban J connectivity index is 2.47. The zero-order chi connectivity index (χ0) is 7.56. The van der Waals surface area contributed by atoms with E-state index in [4.69, 9.17) is 10.8 Å². The molecule has 2 heteroatoms. The Kier molecular flexibility index (Phi) is 2.33. The number of rotatable bonds is 1. The first-order valence-corrected chi connectivity index (χ1v) is 3.85. The number of aliphatic hydroxyl groups is 1. The predicted octanol–water partition coefficient (Wildman–Crippen LogP) is 1.58. The lowest BCUT2D eigenvalue weighted by Gasteiger charge is -2.27. The molecule has 2 nitrogen and oxygen atoms in total. The summed E-state index contributed by atoms with van der Waals surface area (Å²) in [6, 6.07) is 0.145. The molecule has 0 aromatic rings. The van der Waals surface area contributed by atoms with Gasteiger partial charge in [-0.3, -0.25) is 0 Å². The fourth-order valence-corrected chi connectivity index (χ4v) is 1.57. The molecule has 0 bridgehead atoms. The van der Waals surface area contributed by atoms with Gasteiger partial charge < -0.3 is 10.8 Å². The van der Waals surface area contributed by atoms with Gasteiger partial charge >= 0.3 is 0 Å². The van der Waals surface area contributed by atoms with Crippen molar-refractivity contribution in [2.24, 2.45) is 11.7 Å². The van der Waals surface area contributed by atoms with Gasteiger partial charge in [-0.05, 0) is 12.8 Å². The molecule has 1 aliphatic rings. The highest BCUT2D eigenvalue weighted by molar-refractivity contribution is 4.96. The normalized spacial score (nSPS) is 33.7. The lowest BCUT2D eigenvalue weighted by molar-refractivity contribution is 0.251. The molecule has 3 N–H and O–H groups in total. The summed E-state index contributed by atoms with van der Waals surface area (Å²) in [5.41, 5.74) is 5.76. The maximum atomic E-state index is 9.07. The van der Waals surface area contributed by atoms with Crippen LogP contribution in [0.15, 0.2) is 12.3 Å². The minimum absolute atomic E-state index is 0.145. The summed E-state index contributed by atoms with van der Waals surface area (Å²) in [6.45, 7) is 3.50. The Hall–Kier alpha value is -0.500. The maximum absolute atomic E-state index is 9.07. The van der Waals surface area contributed by atoms with Crippen molar-refractivity contribution in [3.8, 4) is 0 Å². The number of nitrogens with two attached hydrogens (primary N) is 1. The third-order valence-electron chi connectivity index (χ3n) is 2.25. The quantitative estimate of drug-likeness (QED) is 0.544. The molecule has 10 heavy (non-hydrogen) atoms. The van der Waals surface area contributed by atoms with Gasteiger partial charge in [0.15, 0.2) is 0 Å². The van der Waals surface area contributed by atoms with Crippen LogP contribution >= 0.6 is 0 Å². The third kappa shape index (κ3) is 1.51. The first kappa shape index (κ1) is 7.61. The van der Waals surface area contributed by atoms with Crippen molar-refractivity contribution in [2.75, 3.05) is 0 Å². The van der Waals surface area contributed by atoms with E-state index in [1.54, 1.807) is 0 Å². The van der Waals surface area contributed by atoms with Crippen molar-refractivity contribution in [3.05, 3.63) is 12.3 Å². The second-order valence-corrected chi connectivity index (χ2v) is 3.05. The molecule has 0 spiro atoms. The molecule has 0 heterocycles. The molecule has 0 radical (unpaired) electrons. The molecule has 0 unspecified atom stereocenters. The largest absolute Gasteiger partial charge is 0.513 e. The van der Waals surface area contributed by atoms with Gasteiger partial charge in [-0.1, -0.05) is 19.4 Å². The van der Waals surface area contributed by atoms with Crippen LogP contribution in [0.25, 0.3) is 0 Å². The lowest BCUT2D eigenvalue weighted by Crippen LogP contribution is -2.33. The lowest BCUT2D eigenvalue weighted by atomic mass is 9.84. The van der Waals surface area contributed by atoms with Crippen molar-refractivity contribution in [1.82, 2.24) is 0 Å². The monoisotopic (exact) mass is 141 g/mol. The molecule has 0 aromatic carbocycles. The van der Waals surface area contributed by atoms with Gasteiger partial charge in [-0.25, -0.2) is 0 Å². The van der Waals surface area contributed by atoms with Crippen LogP contribution < -0.4 is 5.73 Å². The molecule has 58 valence electrons. The van der Waals surface area contributed by atoms with E-state index < -0.39 is 0 Å². The van der Waals surface area contributed by atoms with E-state index >= 15 is 0 Å². The van der Waals surface area contributed by atoms with Crippen molar-refractivity contribution < 1.29 is 5.11 Å². The van der Waals surface area contributed by atoms with Crippen LogP contribution in [-0.4, -0.2) is 11.1 Å². The topological polar surface area (TPSA) is 46.2 Å². The van der Waals surface area contributed by atoms with Crippen LogP contribution in [0.3, 0.4) is 0 Å². The van der Waals surface area contributed by atoms with Gasteiger partial charge in [0.05, 0.1) is 5.76 Å². The van der Waals surface area contributed by atoms with Gasteiger partial charge in [0.25, 0.3) is 0 Å². The second-order valence-electron chi connectivity index (χ2n) is 3.05. The van der Waals surface area contributed by atoms with Crippen LogP contribution in [0.4, 0.5) is 0 Å². The summed E-state index contributed by atoms with van der Waals surface area (Å²) >= 11 is 0. The SMILES string of the molecule is C=C(O)[C@@H]1CCCC[C@@H]1N. The first-order valence-electron chi connectivity index (χ1n) is 3.85. The molecule has 2 atom stereocenters. The number of hydrogen-bond donors (Lipinski definition) is 2. The van der Waals surface area contributed by atoms with Crippen LogP contribution in [0, 0.1) is 5.92 Å². The zero-order valence-electron chi connectivity index (χ0n) is 6.21. The predicted molar refractivity (Wildman–Crippen MR) is 41.7 cm³/mol. The molecule has 1 fully saturated rings. The van der Waals surface area contributed by atoms with E-state index in [0.29, 0.717) is 0 Å². The zero-order valence-corrected chi connectivity index (χ0v) is 6.21. The van der Waals surface area contributed by atoms with E-state index in [2.05, 4.69) is 6.58 Å². The molecular weight excluding hydrogens is 126 g/mol. The van der Waals surface area contributed by atoms with Gasteiger partial charge in [0, 0.05) is 12.0 Å². The molecular formula is C8H15NO. The Bertz CT molecular complexity index is 133.